The molecule has 0 aromatic rings. The summed E-state index contributed by atoms with van der Waals surface area (Å²) in [6.45, 7) is 1.06. The van der Waals surface area contributed by atoms with Crippen LogP contribution in [0.1, 0.15) is 19.3 Å². The molecule has 1 rings (SSSR count). The van der Waals surface area contributed by atoms with Crippen LogP contribution in [0.15, 0.2) is 0 Å². The Morgan fingerprint density at radius 1 is 1.64 bits per heavy atom. The summed E-state index contributed by atoms with van der Waals surface area (Å²) in [5.74, 6) is 0.216. The third-order valence-electron chi connectivity index (χ3n) is 2.01. The molecule has 0 aliphatic carbocycles. The highest BCUT2D eigenvalue weighted by Gasteiger charge is 2.19. The van der Waals surface area contributed by atoms with Crippen LogP contribution in [0, 0.1) is 0 Å². The zero-order chi connectivity index (χ0) is 8.27. The highest BCUT2D eigenvalue weighted by atomic mass is 16.1. The number of amides is 1. The molecule has 1 saturated heterocycles. The van der Waals surface area contributed by atoms with Gasteiger partial charge in [0.1, 0.15) is 0 Å². The lowest BCUT2D eigenvalue weighted by atomic mass is 10.1. The molecule has 64 valence electrons. The number of nitrogens with zero attached hydrogens (tertiary/aromatic N) is 1. The van der Waals surface area contributed by atoms with Gasteiger partial charge in [0.15, 0.2) is 0 Å². The van der Waals surface area contributed by atoms with E-state index in [1.807, 2.05) is 0 Å². The lowest BCUT2D eigenvalue weighted by Crippen LogP contribution is -2.28. The molecule has 0 saturated carbocycles. The van der Waals surface area contributed by atoms with Crippen molar-refractivity contribution in [3.05, 3.63) is 0 Å². The topological polar surface area (TPSA) is 32.3 Å². The molecule has 1 aliphatic rings. The number of carbonyl (C=O) groups excluding carboxylic acids is 1. The standard InChI is InChI=1S/C8H16N2O/c1-10(2)6-5-7-3-4-8(11)9-7/h7H,3-6H2,1-2H3,(H,9,11)/t7-/m0/s1. The zero-order valence-electron chi connectivity index (χ0n) is 7.26. The van der Waals surface area contributed by atoms with E-state index in [2.05, 4.69) is 24.3 Å². The first-order valence-corrected chi connectivity index (χ1v) is 4.12. The average molecular weight is 156 g/mol. The molecule has 1 amide bonds. The van der Waals surface area contributed by atoms with E-state index in [9.17, 15) is 4.79 Å². The largest absolute Gasteiger partial charge is 0.353 e. The zero-order valence-corrected chi connectivity index (χ0v) is 7.26. The summed E-state index contributed by atoms with van der Waals surface area (Å²) in [7, 11) is 4.10. The SMILES string of the molecule is CN(C)CC[C@@H]1CCC(=O)N1. The van der Waals surface area contributed by atoms with Crippen LogP contribution in [-0.2, 0) is 4.79 Å². The summed E-state index contributed by atoms with van der Waals surface area (Å²) in [6.07, 6.45) is 2.82. The first kappa shape index (κ1) is 8.53. The molecule has 0 bridgehead atoms. The van der Waals surface area contributed by atoms with Crippen molar-refractivity contribution in [3.8, 4) is 0 Å². The number of hydrogen-bond donors (Lipinski definition) is 1. The Kier molecular flexibility index (Phi) is 2.88. The van der Waals surface area contributed by atoms with Crippen molar-refractivity contribution in [1.29, 1.82) is 0 Å². The Labute approximate surface area is 67.8 Å². The third kappa shape index (κ3) is 2.89. The molecule has 1 N–H and O–H groups in total. The second-order valence-corrected chi connectivity index (χ2v) is 3.40. The van der Waals surface area contributed by atoms with Crippen molar-refractivity contribution in [2.45, 2.75) is 25.3 Å². The number of hydrogen-bond acceptors (Lipinski definition) is 2. The Hall–Kier alpha value is -0.570. The Bertz CT molecular complexity index is 145. The summed E-state index contributed by atoms with van der Waals surface area (Å²) in [4.78, 5) is 12.9. The molecule has 0 aromatic carbocycles. The molecule has 3 nitrogen and oxygen atoms in total. The van der Waals surface area contributed by atoms with Gasteiger partial charge >= 0.3 is 0 Å². The third-order valence-corrected chi connectivity index (χ3v) is 2.01. The first-order valence-electron chi connectivity index (χ1n) is 4.12. The van der Waals surface area contributed by atoms with Gasteiger partial charge in [-0.05, 0) is 33.5 Å². The van der Waals surface area contributed by atoms with E-state index in [0.717, 1.165) is 25.8 Å². The first-order chi connectivity index (χ1) is 5.18. The van der Waals surface area contributed by atoms with Crippen LogP contribution in [0.25, 0.3) is 0 Å². The van der Waals surface area contributed by atoms with Crippen LogP contribution >= 0.6 is 0 Å². The summed E-state index contributed by atoms with van der Waals surface area (Å²) in [5.41, 5.74) is 0. The van der Waals surface area contributed by atoms with E-state index in [4.69, 9.17) is 0 Å². The fourth-order valence-corrected chi connectivity index (χ4v) is 1.31. The smallest absolute Gasteiger partial charge is 0.220 e. The normalized spacial score (nSPS) is 24.3. The molecule has 11 heavy (non-hydrogen) atoms. The molecular formula is C8H16N2O. The summed E-state index contributed by atoms with van der Waals surface area (Å²) in [6, 6.07) is 0.435. The average Bonchev–Trinajstić information content (AvgIpc) is 2.31. The van der Waals surface area contributed by atoms with E-state index < -0.39 is 0 Å². The van der Waals surface area contributed by atoms with E-state index in [1.165, 1.54) is 0 Å². The van der Waals surface area contributed by atoms with Crippen LogP contribution in [-0.4, -0.2) is 37.5 Å². The molecule has 0 spiro atoms. The van der Waals surface area contributed by atoms with Crippen LogP contribution in [0.4, 0.5) is 0 Å². The molecular weight excluding hydrogens is 140 g/mol. The van der Waals surface area contributed by atoms with Gasteiger partial charge in [-0.3, -0.25) is 4.79 Å². The maximum Gasteiger partial charge on any atom is 0.220 e. The van der Waals surface area contributed by atoms with Crippen molar-refractivity contribution in [3.63, 3.8) is 0 Å². The van der Waals surface area contributed by atoms with Gasteiger partial charge in [-0.25, -0.2) is 0 Å². The van der Waals surface area contributed by atoms with E-state index in [1.54, 1.807) is 0 Å². The van der Waals surface area contributed by atoms with Gasteiger partial charge in [-0.2, -0.15) is 0 Å². The maximum atomic E-state index is 10.8. The van der Waals surface area contributed by atoms with Crippen molar-refractivity contribution < 1.29 is 4.79 Å². The van der Waals surface area contributed by atoms with E-state index >= 15 is 0 Å². The van der Waals surface area contributed by atoms with E-state index in [0.29, 0.717) is 6.04 Å². The van der Waals surface area contributed by atoms with Gasteiger partial charge < -0.3 is 10.2 Å². The lowest BCUT2D eigenvalue weighted by Gasteiger charge is -2.13. The molecule has 1 aliphatic heterocycles. The Morgan fingerprint density at radius 2 is 2.36 bits per heavy atom. The van der Waals surface area contributed by atoms with Crippen LogP contribution in [0.3, 0.4) is 0 Å². The quantitative estimate of drug-likeness (QED) is 0.634. The van der Waals surface area contributed by atoms with Crippen LogP contribution in [0.2, 0.25) is 0 Å². The maximum absolute atomic E-state index is 10.8. The predicted octanol–water partition coefficient (Wildman–Crippen LogP) is 0.217. The van der Waals surface area contributed by atoms with Gasteiger partial charge in [-0.1, -0.05) is 0 Å². The monoisotopic (exact) mass is 156 g/mol. The Balaban J connectivity index is 2.13. The number of nitrogens with one attached hydrogen (secondary N) is 1. The van der Waals surface area contributed by atoms with E-state index in [-0.39, 0.29) is 5.91 Å². The van der Waals surface area contributed by atoms with Crippen molar-refractivity contribution in [1.82, 2.24) is 10.2 Å². The number of carbonyl (C=O) groups is 1. The minimum atomic E-state index is 0.216. The van der Waals surface area contributed by atoms with Gasteiger partial charge in [-0.15, -0.1) is 0 Å². The van der Waals surface area contributed by atoms with Gasteiger partial charge in [0, 0.05) is 12.5 Å². The fraction of sp³-hybridized carbons (Fsp3) is 0.875. The van der Waals surface area contributed by atoms with Gasteiger partial charge in [0.05, 0.1) is 0 Å². The molecule has 3 heteroatoms. The van der Waals surface area contributed by atoms with Crippen LogP contribution < -0.4 is 5.32 Å². The van der Waals surface area contributed by atoms with Gasteiger partial charge in [0.2, 0.25) is 5.91 Å². The minimum absolute atomic E-state index is 0.216. The highest BCUT2D eigenvalue weighted by Crippen LogP contribution is 2.09. The van der Waals surface area contributed by atoms with Crippen molar-refractivity contribution >= 4 is 5.91 Å². The minimum Gasteiger partial charge on any atom is -0.353 e. The molecule has 0 aromatic heterocycles. The number of rotatable bonds is 3. The predicted molar refractivity (Wildman–Crippen MR) is 44.3 cm³/mol. The molecule has 1 heterocycles. The molecule has 0 unspecified atom stereocenters. The lowest BCUT2D eigenvalue weighted by molar-refractivity contribution is -0.119. The molecule has 1 fully saturated rings. The van der Waals surface area contributed by atoms with Crippen molar-refractivity contribution in [2.75, 3.05) is 20.6 Å². The molecule has 0 radical (unpaired) electrons. The second-order valence-electron chi connectivity index (χ2n) is 3.40. The van der Waals surface area contributed by atoms with Crippen molar-refractivity contribution in [2.24, 2.45) is 0 Å². The van der Waals surface area contributed by atoms with Crippen LogP contribution in [0.5, 0.6) is 0 Å². The summed E-state index contributed by atoms with van der Waals surface area (Å²) >= 11 is 0. The summed E-state index contributed by atoms with van der Waals surface area (Å²) < 4.78 is 0. The highest BCUT2D eigenvalue weighted by molar-refractivity contribution is 5.78. The Morgan fingerprint density at radius 3 is 2.82 bits per heavy atom. The molecule has 1 atom stereocenters. The van der Waals surface area contributed by atoms with Gasteiger partial charge in [0.25, 0.3) is 0 Å². The summed E-state index contributed by atoms with van der Waals surface area (Å²) in [5, 5.41) is 2.94. The second kappa shape index (κ2) is 3.72. The fourth-order valence-electron chi connectivity index (χ4n) is 1.31.